The van der Waals surface area contributed by atoms with Crippen LogP contribution >= 0.6 is 11.3 Å². The van der Waals surface area contributed by atoms with E-state index in [4.69, 9.17) is 5.73 Å². The second-order valence-corrected chi connectivity index (χ2v) is 5.87. The summed E-state index contributed by atoms with van der Waals surface area (Å²) in [6, 6.07) is 9.33. The van der Waals surface area contributed by atoms with E-state index >= 15 is 0 Å². The summed E-state index contributed by atoms with van der Waals surface area (Å²) in [5.41, 5.74) is 6.29. The molecule has 124 valence electrons. The highest BCUT2D eigenvalue weighted by Crippen LogP contribution is 2.24. The number of rotatable bonds is 5. The molecule has 4 nitrogen and oxygen atoms in total. The Morgan fingerprint density at radius 2 is 1.83 bits per heavy atom. The van der Waals surface area contributed by atoms with E-state index < -0.39 is 6.36 Å². The van der Waals surface area contributed by atoms with Gasteiger partial charge >= 0.3 is 6.36 Å². The standard InChI is InChI=1S/C15H16F3N3OS/c1-2-12-7-8-13(23-12)9-20-14(19)21-10-3-5-11(6-4-10)22-15(16,17)18/h3-8H,2,9H2,1H3,(H3,19,20,21). The van der Waals surface area contributed by atoms with Crippen LogP contribution < -0.4 is 15.8 Å². The van der Waals surface area contributed by atoms with Crippen molar-refractivity contribution in [3.8, 4) is 5.75 Å². The number of nitrogens with one attached hydrogen (secondary N) is 1. The minimum Gasteiger partial charge on any atom is -0.406 e. The quantitative estimate of drug-likeness (QED) is 0.634. The first-order valence-corrected chi connectivity index (χ1v) is 7.67. The number of hydrogen-bond acceptors (Lipinski definition) is 3. The molecule has 0 aliphatic rings. The molecule has 8 heteroatoms. The molecule has 23 heavy (non-hydrogen) atoms. The number of ether oxygens (including phenoxy) is 1. The summed E-state index contributed by atoms with van der Waals surface area (Å²) in [5, 5.41) is 2.82. The Labute approximate surface area is 135 Å². The Morgan fingerprint density at radius 1 is 1.17 bits per heavy atom. The molecule has 2 aromatic rings. The van der Waals surface area contributed by atoms with E-state index in [0.29, 0.717) is 12.2 Å². The molecule has 0 amide bonds. The van der Waals surface area contributed by atoms with E-state index in [1.165, 1.54) is 29.1 Å². The number of aliphatic imine (C=N–C) groups is 1. The monoisotopic (exact) mass is 343 g/mol. The molecule has 1 heterocycles. The Bertz CT molecular complexity index is 665. The normalized spacial score (nSPS) is 12.3. The molecule has 0 unspecified atom stereocenters. The molecule has 0 spiro atoms. The summed E-state index contributed by atoms with van der Waals surface area (Å²) in [5.74, 6) is -0.0924. The molecule has 1 aromatic carbocycles. The zero-order valence-corrected chi connectivity index (χ0v) is 13.2. The maximum absolute atomic E-state index is 12.1. The molecule has 3 N–H and O–H groups in total. The predicted molar refractivity (Wildman–Crippen MR) is 85.8 cm³/mol. The van der Waals surface area contributed by atoms with Crippen LogP contribution in [0.3, 0.4) is 0 Å². The molecule has 0 aliphatic carbocycles. The lowest BCUT2D eigenvalue weighted by Crippen LogP contribution is -2.22. The number of nitrogens with two attached hydrogens (primary N) is 1. The minimum atomic E-state index is -4.70. The summed E-state index contributed by atoms with van der Waals surface area (Å²) < 4.78 is 40.0. The summed E-state index contributed by atoms with van der Waals surface area (Å²) in [4.78, 5) is 6.58. The van der Waals surface area contributed by atoms with Crippen molar-refractivity contribution in [3.05, 3.63) is 46.2 Å². The average molecular weight is 343 g/mol. The number of halogens is 3. The van der Waals surface area contributed by atoms with Gasteiger partial charge in [-0.05, 0) is 42.8 Å². The van der Waals surface area contributed by atoms with Crippen LogP contribution in [0, 0.1) is 0 Å². The molecule has 0 radical (unpaired) electrons. The largest absolute Gasteiger partial charge is 0.573 e. The number of hydrogen-bond donors (Lipinski definition) is 2. The van der Waals surface area contributed by atoms with Crippen LogP contribution in [0.1, 0.15) is 16.7 Å². The third-order valence-corrected chi connectivity index (χ3v) is 4.05. The van der Waals surface area contributed by atoms with Crippen LogP contribution in [-0.4, -0.2) is 12.3 Å². The Morgan fingerprint density at radius 3 is 2.39 bits per heavy atom. The van der Waals surface area contributed by atoms with Gasteiger partial charge in [-0.1, -0.05) is 6.92 Å². The third kappa shape index (κ3) is 5.82. The van der Waals surface area contributed by atoms with Gasteiger partial charge in [0.15, 0.2) is 5.96 Å². The van der Waals surface area contributed by atoms with Gasteiger partial charge in [-0.15, -0.1) is 24.5 Å². The van der Waals surface area contributed by atoms with Crippen molar-refractivity contribution < 1.29 is 17.9 Å². The van der Waals surface area contributed by atoms with Gasteiger partial charge in [0.05, 0.1) is 6.54 Å². The van der Waals surface area contributed by atoms with Crippen LogP contribution in [0.5, 0.6) is 5.75 Å². The molecule has 1 aromatic heterocycles. The molecule has 0 saturated heterocycles. The van der Waals surface area contributed by atoms with Crippen molar-refractivity contribution in [2.24, 2.45) is 10.7 Å². The second-order valence-electron chi connectivity index (χ2n) is 4.62. The summed E-state index contributed by atoms with van der Waals surface area (Å²) in [6.45, 7) is 2.54. The molecule has 0 aliphatic heterocycles. The van der Waals surface area contributed by atoms with Gasteiger partial charge in [0, 0.05) is 15.4 Å². The van der Waals surface area contributed by atoms with Crippen LogP contribution in [0.15, 0.2) is 41.4 Å². The number of anilines is 1. The molecular weight excluding hydrogens is 327 g/mol. The van der Waals surface area contributed by atoms with Gasteiger partial charge in [-0.2, -0.15) is 0 Å². The van der Waals surface area contributed by atoms with Crippen molar-refractivity contribution in [1.82, 2.24) is 0 Å². The molecule has 0 atom stereocenters. The van der Waals surface area contributed by atoms with Crippen LogP contribution in [-0.2, 0) is 13.0 Å². The lowest BCUT2D eigenvalue weighted by molar-refractivity contribution is -0.274. The van der Waals surface area contributed by atoms with E-state index in [1.54, 1.807) is 11.3 Å². The van der Waals surface area contributed by atoms with E-state index in [1.807, 2.05) is 6.07 Å². The van der Waals surface area contributed by atoms with E-state index in [-0.39, 0.29) is 11.7 Å². The lowest BCUT2D eigenvalue weighted by atomic mass is 10.3. The van der Waals surface area contributed by atoms with Gasteiger partial charge < -0.3 is 15.8 Å². The molecule has 0 bridgehead atoms. The van der Waals surface area contributed by atoms with Gasteiger partial charge in [-0.25, -0.2) is 4.99 Å². The Hall–Kier alpha value is -2.22. The van der Waals surface area contributed by atoms with Crippen molar-refractivity contribution >= 4 is 23.0 Å². The van der Waals surface area contributed by atoms with Gasteiger partial charge in [0.1, 0.15) is 5.75 Å². The fourth-order valence-electron chi connectivity index (χ4n) is 1.79. The maximum atomic E-state index is 12.1. The van der Waals surface area contributed by atoms with Crippen molar-refractivity contribution in [2.75, 3.05) is 5.32 Å². The topological polar surface area (TPSA) is 59.6 Å². The highest BCUT2D eigenvalue weighted by atomic mass is 32.1. The zero-order valence-electron chi connectivity index (χ0n) is 12.4. The van der Waals surface area contributed by atoms with Gasteiger partial charge in [-0.3, -0.25) is 0 Å². The Balaban J connectivity index is 1.91. The van der Waals surface area contributed by atoms with Gasteiger partial charge in [0.2, 0.25) is 0 Å². The smallest absolute Gasteiger partial charge is 0.406 e. The first-order chi connectivity index (χ1) is 10.9. The number of benzene rings is 1. The highest BCUT2D eigenvalue weighted by molar-refractivity contribution is 7.11. The van der Waals surface area contributed by atoms with E-state index in [0.717, 1.165) is 11.3 Å². The zero-order chi connectivity index (χ0) is 16.9. The third-order valence-electron chi connectivity index (χ3n) is 2.83. The first kappa shape index (κ1) is 17.1. The van der Waals surface area contributed by atoms with E-state index in [9.17, 15) is 13.2 Å². The van der Waals surface area contributed by atoms with Crippen LogP contribution in [0.2, 0.25) is 0 Å². The highest BCUT2D eigenvalue weighted by Gasteiger charge is 2.30. The molecular formula is C15H16F3N3OS. The predicted octanol–water partition coefficient (Wildman–Crippen LogP) is 4.14. The molecule has 2 rings (SSSR count). The van der Waals surface area contributed by atoms with Crippen LogP contribution in [0.25, 0.3) is 0 Å². The SMILES string of the molecule is CCc1ccc(CN=C(N)Nc2ccc(OC(F)(F)F)cc2)s1. The molecule has 0 fully saturated rings. The summed E-state index contributed by atoms with van der Waals surface area (Å²) in [6.07, 6.45) is -3.72. The number of thiophene rings is 1. The van der Waals surface area contributed by atoms with Crippen molar-refractivity contribution in [2.45, 2.75) is 26.3 Å². The number of guanidine groups is 1. The number of nitrogens with zero attached hydrogens (tertiary/aromatic N) is 1. The lowest BCUT2D eigenvalue weighted by Gasteiger charge is -2.10. The summed E-state index contributed by atoms with van der Waals surface area (Å²) in [7, 11) is 0. The molecule has 0 saturated carbocycles. The fraction of sp³-hybridized carbons (Fsp3) is 0.267. The maximum Gasteiger partial charge on any atom is 0.573 e. The van der Waals surface area contributed by atoms with Gasteiger partial charge in [0.25, 0.3) is 0 Å². The van der Waals surface area contributed by atoms with Crippen molar-refractivity contribution in [1.29, 1.82) is 0 Å². The Kier molecular flexibility index (Phi) is 5.49. The van der Waals surface area contributed by atoms with E-state index in [2.05, 4.69) is 28.0 Å². The fourth-order valence-corrected chi connectivity index (χ4v) is 2.67. The second kappa shape index (κ2) is 7.36. The van der Waals surface area contributed by atoms with Crippen molar-refractivity contribution in [3.63, 3.8) is 0 Å². The summed E-state index contributed by atoms with van der Waals surface area (Å²) >= 11 is 1.67. The number of aryl methyl sites for hydroxylation is 1. The average Bonchev–Trinajstić information content (AvgIpc) is 2.94. The number of alkyl halides is 3. The van der Waals surface area contributed by atoms with Crippen LogP contribution in [0.4, 0.5) is 18.9 Å². The first-order valence-electron chi connectivity index (χ1n) is 6.86. The minimum absolute atomic E-state index is 0.195.